The van der Waals surface area contributed by atoms with Crippen LogP contribution in [-0.4, -0.2) is 62.9 Å². The molecule has 4 rings (SSSR count). The molecule has 0 bridgehead atoms. The van der Waals surface area contributed by atoms with Crippen molar-refractivity contribution in [3.8, 4) is 0 Å². The minimum Gasteiger partial charge on any atom is -0.481 e. The van der Waals surface area contributed by atoms with Crippen LogP contribution < -0.4 is 5.69 Å². The van der Waals surface area contributed by atoms with E-state index in [4.69, 9.17) is 0 Å². The molecule has 0 spiro atoms. The number of allylic oxidation sites excluding steroid dienone is 2. The molecule has 1 amide bonds. The van der Waals surface area contributed by atoms with E-state index in [-0.39, 0.29) is 18.7 Å². The quantitative estimate of drug-likeness (QED) is 0.675. The fourth-order valence-corrected chi connectivity index (χ4v) is 3.81. The fourth-order valence-electron chi connectivity index (χ4n) is 3.81. The summed E-state index contributed by atoms with van der Waals surface area (Å²) in [4.78, 5) is 26.3. The van der Waals surface area contributed by atoms with Gasteiger partial charge in [-0.05, 0) is 12.5 Å². The first-order chi connectivity index (χ1) is 14.1. The lowest BCUT2D eigenvalue weighted by Gasteiger charge is -2.22. The van der Waals surface area contributed by atoms with Crippen molar-refractivity contribution >= 4 is 5.91 Å². The van der Waals surface area contributed by atoms with Crippen LogP contribution in [0.4, 0.5) is 26.3 Å². The normalized spacial score (nSPS) is 28.8. The van der Waals surface area contributed by atoms with Gasteiger partial charge in [-0.25, -0.2) is 22.6 Å². The molecule has 164 valence electrons. The third-order valence-electron chi connectivity index (χ3n) is 5.31. The molecule has 1 aromatic heterocycles. The van der Waals surface area contributed by atoms with Gasteiger partial charge >= 0.3 is 11.9 Å². The highest BCUT2D eigenvalue weighted by molar-refractivity contribution is 5.81. The molecule has 3 aliphatic rings. The van der Waals surface area contributed by atoms with E-state index < -0.39 is 73.3 Å². The lowest BCUT2D eigenvalue weighted by molar-refractivity contribution is -0.199. The number of nitrogens with zero attached hydrogens (tertiary/aromatic N) is 4. The second kappa shape index (κ2) is 7.20. The second-order valence-electron chi connectivity index (χ2n) is 7.29. The third-order valence-corrected chi connectivity index (χ3v) is 5.31. The second-order valence-corrected chi connectivity index (χ2v) is 7.29. The molecule has 7 nitrogen and oxygen atoms in total. The molecule has 3 aliphatic heterocycles. The van der Waals surface area contributed by atoms with Gasteiger partial charge in [0.15, 0.2) is 18.2 Å². The van der Waals surface area contributed by atoms with Crippen molar-refractivity contribution in [3.63, 3.8) is 0 Å². The molecule has 0 radical (unpaired) electrons. The number of hydrogen-bond acceptors (Lipinski definition) is 4. The van der Waals surface area contributed by atoms with Gasteiger partial charge in [0.25, 0.3) is 0 Å². The Bertz CT molecular complexity index is 971. The van der Waals surface area contributed by atoms with Crippen molar-refractivity contribution in [3.05, 3.63) is 40.0 Å². The van der Waals surface area contributed by atoms with Crippen molar-refractivity contribution < 1.29 is 35.9 Å². The number of carbonyl (C=O) groups excluding carboxylic acids is 1. The Hall–Kier alpha value is -2.73. The average molecular weight is 438 g/mol. The molecule has 0 saturated carbocycles. The highest BCUT2D eigenvalue weighted by atomic mass is 19.4. The van der Waals surface area contributed by atoms with Crippen LogP contribution in [0.15, 0.2) is 28.5 Å². The van der Waals surface area contributed by atoms with E-state index in [0.717, 1.165) is 20.2 Å². The SMILES string of the molecule is O=C(C1CCc2nn(CC3=C(F)C(C(F)(F)F)OC=C3)c(=O)n21)N1C[C@@H](F)[C@@H](F)C1. The highest BCUT2D eigenvalue weighted by Crippen LogP contribution is 2.34. The van der Waals surface area contributed by atoms with Gasteiger partial charge in [0.05, 0.1) is 25.9 Å². The van der Waals surface area contributed by atoms with Crippen LogP contribution >= 0.6 is 0 Å². The zero-order valence-electron chi connectivity index (χ0n) is 15.3. The van der Waals surface area contributed by atoms with E-state index in [1.54, 1.807) is 0 Å². The summed E-state index contributed by atoms with van der Waals surface area (Å²) in [6.07, 6.45) is -9.29. The standard InChI is InChI=1S/C17H16F6N4O3/c18-9-6-25(7-10(9)19)15(28)11-1-2-12-24-26(16(29)27(11)12)5-8-3-4-30-14(13(8)20)17(21,22)23/h3-4,9-11,14H,1-2,5-7H2/t9-,10+,11?,14?. The van der Waals surface area contributed by atoms with Crippen molar-refractivity contribution in [1.82, 2.24) is 19.2 Å². The molecule has 4 heterocycles. The highest BCUT2D eigenvalue weighted by Gasteiger charge is 2.47. The van der Waals surface area contributed by atoms with Crippen molar-refractivity contribution in [2.75, 3.05) is 13.1 Å². The fraction of sp³-hybridized carbons (Fsp3) is 0.588. The maximum absolute atomic E-state index is 14.2. The summed E-state index contributed by atoms with van der Waals surface area (Å²) >= 11 is 0. The Morgan fingerprint density at radius 2 is 1.90 bits per heavy atom. The number of carbonyl (C=O) groups is 1. The van der Waals surface area contributed by atoms with E-state index in [0.29, 0.717) is 6.26 Å². The van der Waals surface area contributed by atoms with Gasteiger partial charge in [-0.2, -0.15) is 18.3 Å². The molecule has 2 unspecified atom stereocenters. The van der Waals surface area contributed by atoms with Gasteiger partial charge in [0, 0.05) is 12.0 Å². The van der Waals surface area contributed by atoms with Gasteiger partial charge in [-0.1, -0.05) is 0 Å². The molecule has 1 aromatic rings. The summed E-state index contributed by atoms with van der Waals surface area (Å²) in [6, 6.07) is -1.02. The van der Waals surface area contributed by atoms with Crippen LogP contribution in [0, 0.1) is 0 Å². The summed E-state index contributed by atoms with van der Waals surface area (Å²) < 4.78 is 85.6. The number of aryl methyl sites for hydroxylation is 1. The van der Waals surface area contributed by atoms with Crippen molar-refractivity contribution in [2.45, 2.75) is 50.1 Å². The summed E-state index contributed by atoms with van der Waals surface area (Å²) in [7, 11) is 0. The van der Waals surface area contributed by atoms with E-state index in [1.165, 1.54) is 0 Å². The molecule has 13 heteroatoms. The van der Waals surface area contributed by atoms with Gasteiger partial charge in [-0.15, -0.1) is 0 Å². The summed E-state index contributed by atoms with van der Waals surface area (Å²) in [6.45, 7) is -1.44. The number of ether oxygens (including phenoxy) is 1. The third kappa shape index (κ3) is 3.39. The molecule has 4 atom stereocenters. The number of hydrogen-bond donors (Lipinski definition) is 0. The maximum Gasteiger partial charge on any atom is 0.432 e. The predicted molar refractivity (Wildman–Crippen MR) is 88.4 cm³/mol. The number of likely N-dealkylation sites (tertiary alicyclic amines) is 1. The minimum absolute atomic E-state index is 0.190. The molecular formula is C17H16F6N4O3. The first-order valence-corrected chi connectivity index (χ1v) is 9.10. The molecule has 0 aliphatic carbocycles. The number of amides is 1. The topological polar surface area (TPSA) is 69.4 Å². The molecular weight excluding hydrogens is 422 g/mol. The van der Waals surface area contributed by atoms with Crippen LogP contribution in [-0.2, 0) is 22.5 Å². The lowest BCUT2D eigenvalue weighted by Crippen LogP contribution is -2.39. The number of alkyl halides is 5. The Morgan fingerprint density at radius 3 is 2.53 bits per heavy atom. The van der Waals surface area contributed by atoms with Crippen LogP contribution in [0.2, 0.25) is 0 Å². The lowest BCUT2D eigenvalue weighted by atomic mass is 10.1. The Labute approximate surface area is 165 Å². The largest absolute Gasteiger partial charge is 0.481 e. The predicted octanol–water partition coefficient (Wildman–Crippen LogP) is 1.75. The van der Waals surface area contributed by atoms with E-state index >= 15 is 0 Å². The van der Waals surface area contributed by atoms with Gasteiger partial charge in [-0.3, -0.25) is 9.36 Å². The van der Waals surface area contributed by atoms with Crippen LogP contribution in [0.5, 0.6) is 0 Å². The molecule has 0 aromatic carbocycles. The first-order valence-electron chi connectivity index (χ1n) is 9.10. The number of rotatable bonds is 3. The Morgan fingerprint density at radius 1 is 1.23 bits per heavy atom. The van der Waals surface area contributed by atoms with Gasteiger partial charge in [0.1, 0.15) is 11.9 Å². The Kier molecular flexibility index (Phi) is 4.93. The van der Waals surface area contributed by atoms with Crippen LogP contribution in [0.25, 0.3) is 0 Å². The Balaban J connectivity index is 1.58. The van der Waals surface area contributed by atoms with E-state index in [1.807, 2.05) is 0 Å². The average Bonchev–Trinajstić information content (AvgIpc) is 3.32. The van der Waals surface area contributed by atoms with E-state index in [9.17, 15) is 35.9 Å². The first kappa shape index (κ1) is 20.5. The summed E-state index contributed by atoms with van der Waals surface area (Å²) in [5.41, 5.74) is -1.26. The zero-order chi connectivity index (χ0) is 21.8. The van der Waals surface area contributed by atoms with Crippen LogP contribution in [0.1, 0.15) is 18.3 Å². The summed E-state index contributed by atoms with van der Waals surface area (Å²) in [5.74, 6) is -2.03. The number of halogens is 6. The smallest absolute Gasteiger partial charge is 0.432 e. The maximum atomic E-state index is 14.2. The van der Waals surface area contributed by atoms with Crippen molar-refractivity contribution in [2.24, 2.45) is 0 Å². The number of aromatic nitrogens is 3. The van der Waals surface area contributed by atoms with E-state index in [2.05, 4.69) is 9.84 Å². The molecule has 1 saturated heterocycles. The van der Waals surface area contributed by atoms with Crippen LogP contribution in [0.3, 0.4) is 0 Å². The monoisotopic (exact) mass is 438 g/mol. The minimum atomic E-state index is -4.98. The molecule has 0 N–H and O–H groups in total. The molecule has 30 heavy (non-hydrogen) atoms. The van der Waals surface area contributed by atoms with Gasteiger partial charge in [0.2, 0.25) is 12.0 Å². The number of fused-ring (bicyclic) bond motifs is 1. The van der Waals surface area contributed by atoms with Gasteiger partial charge < -0.3 is 9.64 Å². The summed E-state index contributed by atoms with van der Waals surface area (Å²) in [5, 5.41) is 3.99. The zero-order valence-corrected chi connectivity index (χ0v) is 15.3. The molecule has 1 fully saturated rings. The van der Waals surface area contributed by atoms with Crippen molar-refractivity contribution in [1.29, 1.82) is 0 Å².